The number of anilines is 1. The van der Waals surface area contributed by atoms with Crippen LogP contribution in [0.25, 0.3) is 10.6 Å². The zero-order valence-corrected chi connectivity index (χ0v) is 19.9. The summed E-state index contributed by atoms with van der Waals surface area (Å²) in [6, 6.07) is 7.75. The Hall–Kier alpha value is -1.84. The van der Waals surface area contributed by atoms with Crippen molar-refractivity contribution in [3.63, 3.8) is 0 Å². The molecule has 0 saturated heterocycles. The van der Waals surface area contributed by atoms with Gasteiger partial charge < -0.3 is 15.0 Å². The summed E-state index contributed by atoms with van der Waals surface area (Å²) >= 11 is 4.76. The molecule has 0 radical (unpaired) electrons. The van der Waals surface area contributed by atoms with Gasteiger partial charge in [-0.25, -0.2) is 0 Å². The van der Waals surface area contributed by atoms with E-state index in [1.165, 1.54) is 11.3 Å². The molecule has 0 spiro atoms. The Morgan fingerprint density at radius 1 is 1.17 bits per heavy atom. The zero-order chi connectivity index (χ0) is 21.8. The summed E-state index contributed by atoms with van der Waals surface area (Å²) in [5, 5.41) is 12.2. The van der Waals surface area contributed by atoms with Gasteiger partial charge in [0, 0.05) is 43.1 Å². The van der Waals surface area contributed by atoms with Gasteiger partial charge in [-0.3, -0.25) is 9.59 Å². The SMILES string of the molecule is CCCCCCC(=O)N(CCOC)CCC(=O)Nc1nnc(-c2cccc(Br)c2)s1. The molecule has 1 N–H and O–H groups in total. The van der Waals surface area contributed by atoms with Crippen LogP contribution in [0.3, 0.4) is 0 Å². The van der Waals surface area contributed by atoms with Crippen molar-refractivity contribution in [2.75, 3.05) is 32.1 Å². The third-order valence-electron chi connectivity index (χ3n) is 4.51. The molecule has 7 nitrogen and oxygen atoms in total. The Morgan fingerprint density at radius 3 is 2.73 bits per heavy atom. The average molecular weight is 497 g/mol. The summed E-state index contributed by atoms with van der Waals surface area (Å²) in [6.07, 6.45) is 4.92. The summed E-state index contributed by atoms with van der Waals surface area (Å²) in [6.45, 7) is 3.45. The number of nitrogens with one attached hydrogen (secondary N) is 1. The van der Waals surface area contributed by atoms with Crippen LogP contribution >= 0.6 is 27.3 Å². The minimum Gasteiger partial charge on any atom is -0.383 e. The first-order chi connectivity index (χ1) is 14.5. The van der Waals surface area contributed by atoms with E-state index in [9.17, 15) is 9.59 Å². The van der Waals surface area contributed by atoms with E-state index < -0.39 is 0 Å². The number of hydrogen-bond donors (Lipinski definition) is 1. The summed E-state index contributed by atoms with van der Waals surface area (Å²) in [4.78, 5) is 26.6. The number of amides is 2. The number of rotatable bonds is 13. The second-order valence-electron chi connectivity index (χ2n) is 6.91. The fraction of sp³-hybridized carbons (Fsp3) is 0.524. The standard InChI is InChI=1S/C21H29BrN4O3S/c1-3-4-5-6-10-19(28)26(13-14-29-2)12-11-18(27)23-21-25-24-20(30-21)16-8-7-9-17(22)15-16/h7-9,15H,3-6,10-14H2,1-2H3,(H,23,25,27). The lowest BCUT2D eigenvalue weighted by atomic mass is 10.1. The van der Waals surface area contributed by atoms with E-state index in [0.717, 1.165) is 40.7 Å². The minimum atomic E-state index is -0.187. The Morgan fingerprint density at radius 2 is 2.00 bits per heavy atom. The average Bonchev–Trinajstić information content (AvgIpc) is 3.19. The first kappa shape index (κ1) is 24.4. The van der Waals surface area contributed by atoms with E-state index in [4.69, 9.17) is 4.74 Å². The normalized spacial score (nSPS) is 10.8. The van der Waals surface area contributed by atoms with Crippen LogP contribution in [0.5, 0.6) is 0 Å². The molecule has 0 aliphatic heterocycles. The summed E-state index contributed by atoms with van der Waals surface area (Å²) < 4.78 is 6.06. The monoisotopic (exact) mass is 496 g/mol. The van der Waals surface area contributed by atoms with E-state index in [1.807, 2.05) is 24.3 Å². The van der Waals surface area contributed by atoms with Crippen LogP contribution in [0.4, 0.5) is 5.13 Å². The number of benzene rings is 1. The lowest BCUT2D eigenvalue weighted by molar-refractivity contribution is -0.132. The van der Waals surface area contributed by atoms with Gasteiger partial charge in [-0.1, -0.05) is 65.6 Å². The number of aromatic nitrogens is 2. The molecule has 0 aliphatic rings. The molecule has 0 bridgehead atoms. The van der Waals surface area contributed by atoms with Crippen molar-refractivity contribution in [3.05, 3.63) is 28.7 Å². The summed E-state index contributed by atoms with van der Waals surface area (Å²) in [5.41, 5.74) is 0.932. The van der Waals surface area contributed by atoms with Crippen molar-refractivity contribution in [3.8, 4) is 10.6 Å². The van der Waals surface area contributed by atoms with Gasteiger partial charge in [-0.15, -0.1) is 10.2 Å². The van der Waals surface area contributed by atoms with Crippen LogP contribution in [-0.2, 0) is 14.3 Å². The van der Waals surface area contributed by atoms with Crippen LogP contribution in [0.15, 0.2) is 28.7 Å². The molecular weight excluding hydrogens is 468 g/mol. The van der Waals surface area contributed by atoms with Crippen molar-refractivity contribution < 1.29 is 14.3 Å². The van der Waals surface area contributed by atoms with Crippen LogP contribution in [0.2, 0.25) is 0 Å². The molecule has 1 aromatic heterocycles. The van der Waals surface area contributed by atoms with Crippen molar-refractivity contribution in [2.45, 2.75) is 45.4 Å². The van der Waals surface area contributed by atoms with Gasteiger partial charge >= 0.3 is 0 Å². The topological polar surface area (TPSA) is 84.4 Å². The molecule has 0 atom stereocenters. The zero-order valence-electron chi connectivity index (χ0n) is 17.5. The lowest BCUT2D eigenvalue weighted by Crippen LogP contribution is -2.36. The molecule has 0 aliphatic carbocycles. The van der Waals surface area contributed by atoms with E-state index in [1.54, 1.807) is 12.0 Å². The van der Waals surface area contributed by atoms with E-state index in [-0.39, 0.29) is 18.2 Å². The maximum atomic E-state index is 12.5. The van der Waals surface area contributed by atoms with Gasteiger partial charge in [-0.05, 0) is 18.6 Å². The third-order valence-corrected chi connectivity index (χ3v) is 5.89. The van der Waals surface area contributed by atoms with E-state index in [0.29, 0.717) is 31.2 Å². The predicted octanol–water partition coefficient (Wildman–Crippen LogP) is 4.74. The van der Waals surface area contributed by atoms with Crippen LogP contribution in [-0.4, -0.2) is 53.7 Å². The van der Waals surface area contributed by atoms with Gasteiger partial charge in [0.2, 0.25) is 16.9 Å². The minimum absolute atomic E-state index is 0.0730. The number of unbranched alkanes of at least 4 members (excludes halogenated alkanes) is 3. The fourth-order valence-electron chi connectivity index (χ4n) is 2.85. The van der Waals surface area contributed by atoms with Crippen molar-refractivity contribution in [2.24, 2.45) is 0 Å². The first-order valence-electron chi connectivity index (χ1n) is 10.2. The maximum absolute atomic E-state index is 12.5. The Labute approximate surface area is 190 Å². The number of carbonyl (C=O) groups excluding carboxylic acids is 2. The molecular formula is C21H29BrN4O3S. The quantitative estimate of drug-likeness (QED) is 0.404. The Bertz CT molecular complexity index is 815. The molecule has 30 heavy (non-hydrogen) atoms. The predicted molar refractivity (Wildman–Crippen MR) is 124 cm³/mol. The molecule has 2 rings (SSSR count). The molecule has 9 heteroatoms. The number of carbonyl (C=O) groups is 2. The highest BCUT2D eigenvalue weighted by Gasteiger charge is 2.16. The first-order valence-corrected chi connectivity index (χ1v) is 11.8. The lowest BCUT2D eigenvalue weighted by Gasteiger charge is -2.22. The highest BCUT2D eigenvalue weighted by Crippen LogP contribution is 2.28. The maximum Gasteiger partial charge on any atom is 0.227 e. The molecule has 0 saturated carbocycles. The molecule has 164 valence electrons. The Balaban J connectivity index is 1.85. The van der Waals surface area contributed by atoms with Crippen LogP contribution < -0.4 is 5.32 Å². The van der Waals surface area contributed by atoms with Crippen LogP contribution in [0, 0.1) is 0 Å². The smallest absolute Gasteiger partial charge is 0.227 e. The van der Waals surface area contributed by atoms with E-state index in [2.05, 4.69) is 38.4 Å². The molecule has 0 fully saturated rings. The molecule has 2 amide bonds. The fourth-order valence-corrected chi connectivity index (χ4v) is 4.01. The molecule has 2 aromatic rings. The van der Waals surface area contributed by atoms with Gasteiger partial charge in [0.1, 0.15) is 5.01 Å². The number of hydrogen-bond acceptors (Lipinski definition) is 6. The number of nitrogens with zero attached hydrogens (tertiary/aromatic N) is 3. The summed E-state index contributed by atoms with van der Waals surface area (Å²) in [5.74, 6) is -0.114. The molecule has 1 aromatic carbocycles. The second kappa shape index (κ2) is 13.5. The Kier molecular flexibility index (Phi) is 11.0. The molecule has 1 heterocycles. The van der Waals surface area contributed by atoms with E-state index >= 15 is 0 Å². The largest absolute Gasteiger partial charge is 0.383 e. The van der Waals surface area contributed by atoms with Gasteiger partial charge in [-0.2, -0.15) is 0 Å². The van der Waals surface area contributed by atoms with Crippen LogP contribution in [0.1, 0.15) is 45.4 Å². The number of methoxy groups -OCH3 is 1. The van der Waals surface area contributed by atoms with Gasteiger partial charge in [0.05, 0.1) is 6.61 Å². The van der Waals surface area contributed by atoms with Crippen molar-refractivity contribution in [1.82, 2.24) is 15.1 Å². The highest BCUT2D eigenvalue weighted by atomic mass is 79.9. The summed E-state index contributed by atoms with van der Waals surface area (Å²) in [7, 11) is 1.61. The van der Waals surface area contributed by atoms with Crippen molar-refractivity contribution >= 4 is 44.2 Å². The number of halogens is 1. The van der Waals surface area contributed by atoms with Crippen molar-refractivity contribution in [1.29, 1.82) is 0 Å². The second-order valence-corrected chi connectivity index (χ2v) is 8.80. The van der Waals surface area contributed by atoms with Gasteiger partial charge in [0.15, 0.2) is 0 Å². The highest BCUT2D eigenvalue weighted by molar-refractivity contribution is 9.10. The van der Waals surface area contributed by atoms with Gasteiger partial charge in [0.25, 0.3) is 0 Å². The molecule has 0 unspecified atom stereocenters. The number of ether oxygens (including phenoxy) is 1. The third kappa shape index (κ3) is 8.49.